The molecule has 168 valence electrons. The summed E-state index contributed by atoms with van der Waals surface area (Å²) in [6.45, 7) is 4.97. The van der Waals surface area contributed by atoms with Crippen LogP contribution in [0.5, 0.6) is 0 Å². The van der Waals surface area contributed by atoms with Gasteiger partial charge in [0.1, 0.15) is 5.82 Å². The summed E-state index contributed by atoms with van der Waals surface area (Å²) in [4.78, 5) is 28.0. The number of carbonyl (C=O) groups excluding carboxylic acids is 1. The molecule has 0 radical (unpaired) electrons. The molecule has 0 unspecified atom stereocenters. The third-order valence-corrected chi connectivity index (χ3v) is 6.45. The summed E-state index contributed by atoms with van der Waals surface area (Å²) in [5, 5.41) is 0. The van der Waals surface area contributed by atoms with Crippen molar-refractivity contribution in [1.82, 2.24) is 19.9 Å². The third-order valence-electron chi connectivity index (χ3n) is 6.45. The van der Waals surface area contributed by atoms with Gasteiger partial charge in [0, 0.05) is 25.1 Å². The molecule has 1 aliphatic rings. The molecule has 0 spiro atoms. The van der Waals surface area contributed by atoms with Gasteiger partial charge in [0.05, 0.1) is 22.8 Å². The number of imidazole rings is 1. The van der Waals surface area contributed by atoms with Crippen LogP contribution in [-0.4, -0.2) is 32.3 Å². The maximum atomic E-state index is 13.2. The molecule has 5 heteroatoms. The fourth-order valence-corrected chi connectivity index (χ4v) is 4.96. The second-order valence-electron chi connectivity index (χ2n) is 9.15. The first-order chi connectivity index (χ1) is 16.0. The Morgan fingerprint density at radius 2 is 1.91 bits per heavy atom. The van der Waals surface area contributed by atoms with Crippen molar-refractivity contribution in [2.24, 2.45) is 0 Å². The molecular formula is C28H30N4O. The van der Waals surface area contributed by atoms with Crippen molar-refractivity contribution in [3.05, 3.63) is 94.6 Å². The Labute approximate surface area is 194 Å². The van der Waals surface area contributed by atoms with Crippen molar-refractivity contribution < 1.29 is 4.79 Å². The zero-order valence-corrected chi connectivity index (χ0v) is 19.3. The minimum atomic E-state index is 0.0596. The van der Waals surface area contributed by atoms with Crippen molar-refractivity contribution in [2.45, 2.75) is 52.0 Å². The Hall–Kier alpha value is -3.47. The summed E-state index contributed by atoms with van der Waals surface area (Å²) in [5.41, 5.74) is 7.83. The molecule has 1 N–H and O–H groups in total. The van der Waals surface area contributed by atoms with Crippen LogP contribution in [0.3, 0.4) is 0 Å². The van der Waals surface area contributed by atoms with Gasteiger partial charge in [-0.1, -0.05) is 42.0 Å². The number of nitrogens with zero attached hydrogens (tertiary/aromatic N) is 3. The fraction of sp³-hybridized carbons (Fsp3) is 0.321. The van der Waals surface area contributed by atoms with Gasteiger partial charge in [0.15, 0.2) is 0 Å². The van der Waals surface area contributed by atoms with E-state index >= 15 is 0 Å². The van der Waals surface area contributed by atoms with E-state index in [1.807, 2.05) is 36.1 Å². The molecule has 0 saturated carbocycles. The van der Waals surface area contributed by atoms with Crippen LogP contribution in [0.1, 0.15) is 59.2 Å². The maximum absolute atomic E-state index is 13.2. The Bertz CT molecular complexity index is 1260. The fourth-order valence-electron chi connectivity index (χ4n) is 4.96. The van der Waals surface area contributed by atoms with Gasteiger partial charge in [-0.25, -0.2) is 4.98 Å². The highest BCUT2D eigenvalue weighted by atomic mass is 16.2. The first-order valence-electron chi connectivity index (χ1n) is 11.8. The van der Waals surface area contributed by atoms with Gasteiger partial charge >= 0.3 is 0 Å². The number of para-hydroxylation sites is 2. The van der Waals surface area contributed by atoms with Crippen molar-refractivity contribution >= 4 is 16.9 Å². The molecule has 33 heavy (non-hydrogen) atoms. The molecule has 1 fully saturated rings. The van der Waals surface area contributed by atoms with E-state index in [4.69, 9.17) is 4.98 Å². The predicted octanol–water partition coefficient (Wildman–Crippen LogP) is 5.46. The number of benzene rings is 2. The number of carbonyl (C=O) groups is 1. The lowest BCUT2D eigenvalue weighted by Crippen LogP contribution is -2.31. The Kier molecular flexibility index (Phi) is 5.95. The molecule has 0 bridgehead atoms. The van der Waals surface area contributed by atoms with Gasteiger partial charge in [0.2, 0.25) is 5.91 Å². The average molecular weight is 439 g/mol. The molecule has 1 amide bonds. The third kappa shape index (κ3) is 4.82. The van der Waals surface area contributed by atoms with Gasteiger partial charge in [-0.15, -0.1) is 0 Å². The van der Waals surface area contributed by atoms with Gasteiger partial charge in [-0.05, 0) is 68.5 Å². The minimum Gasteiger partial charge on any atom is -0.342 e. The second-order valence-corrected chi connectivity index (χ2v) is 9.15. The van der Waals surface area contributed by atoms with E-state index in [9.17, 15) is 4.79 Å². The van der Waals surface area contributed by atoms with Crippen molar-refractivity contribution in [1.29, 1.82) is 0 Å². The highest BCUT2D eigenvalue weighted by Gasteiger charge is 2.31. The van der Waals surface area contributed by atoms with E-state index in [1.165, 1.54) is 16.7 Å². The number of aromatic nitrogens is 3. The van der Waals surface area contributed by atoms with Crippen LogP contribution >= 0.6 is 0 Å². The summed E-state index contributed by atoms with van der Waals surface area (Å²) in [7, 11) is 0. The number of amides is 1. The molecule has 4 aromatic rings. The SMILES string of the molecule is Cc1cccc(Cc2cc(C)nc([C@@H]3CCCN3C(=O)CCc3nc4ccccc4[nH]3)c2)c1. The number of hydrogen-bond acceptors (Lipinski definition) is 3. The highest BCUT2D eigenvalue weighted by molar-refractivity contribution is 5.78. The highest BCUT2D eigenvalue weighted by Crippen LogP contribution is 2.32. The number of nitrogens with one attached hydrogen (secondary N) is 1. The molecular weight excluding hydrogens is 408 g/mol. The summed E-state index contributed by atoms with van der Waals surface area (Å²) >= 11 is 0. The van der Waals surface area contributed by atoms with E-state index in [-0.39, 0.29) is 11.9 Å². The lowest BCUT2D eigenvalue weighted by molar-refractivity contribution is -0.132. The quantitative estimate of drug-likeness (QED) is 0.435. The van der Waals surface area contributed by atoms with E-state index in [0.29, 0.717) is 12.8 Å². The lowest BCUT2D eigenvalue weighted by atomic mass is 10.0. The van der Waals surface area contributed by atoms with Gasteiger partial charge in [0.25, 0.3) is 0 Å². The smallest absolute Gasteiger partial charge is 0.223 e. The van der Waals surface area contributed by atoms with Gasteiger partial charge < -0.3 is 9.88 Å². The molecule has 1 atom stereocenters. The molecule has 3 heterocycles. The van der Waals surface area contributed by atoms with Crippen LogP contribution in [0.15, 0.2) is 60.7 Å². The summed E-state index contributed by atoms with van der Waals surface area (Å²) in [6, 6.07) is 21.0. The number of pyridine rings is 1. The van der Waals surface area contributed by atoms with E-state index in [1.54, 1.807) is 0 Å². The average Bonchev–Trinajstić information content (AvgIpc) is 3.44. The van der Waals surface area contributed by atoms with Crippen molar-refractivity contribution in [2.75, 3.05) is 6.54 Å². The normalized spacial score (nSPS) is 15.9. The Morgan fingerprint density at radius 1 is 1.03 bits per heavy atom. The van der Waals surface area contributed by atoms with E-state index in [0.717, 1.165) is 54.1 Å². The maximum Gasteiger partial charge on any atom is 0.223 e. The van der Waals surface area contributed by atoms with Crippen molar-refractivity contribution in [3.8, 4) is 0 Å². The lowest BCUT2D eigenvalue weighted by Gasteiger charge is -2.25. The topological polar surface area (TPSA) is 61.9 Å². The first kappa shape index (κ1) is 21.4. The van der Waals surface area contributed by atoms with Gasteiger partial charge in [-0.3, -0.25) is 9.78 Å². The standard InChI is InChI=1S/C28H30N4O/c1-19-7-5-8-21(15-19)17-22-16-20(2)29-25(18-22)26-11-6-14-32(26)28(33)13-12-27-30-23-9-3-4-10-24(23)31-27/h3-5,7-10,15-16,18,26H,6,11-14,17H2,1-2H3,(H,30,31)/t26-/m0/s1. The first-order valence-corrected chi connectivity index (χ1v) is 11.8. The minimum absolute atomic E-state index is 0.0596. The van der Waals surface area contributed by atoms with E-state index in [2.05, 4.69) is 53.3 Å². The number of fused-ring (bicyclic) bond motifs is 1. The van der Waals surface area contributed by atoms with Crippen LogP contribution in [-0.2, 0) is 17.6 Å². The molecule has 2 aromatic carbocycles. The molecule has 5 rings (SSSR count). The number of rotatable bonds is 6. The monoisotopic (exact) mass is 438 g/mol. The zero-order valence-electron chi connectivity index (χ0n) is 19.3. The zero-order chi connectivity index (χ0) is 22.8. The molecule has 2 aromatic heterocycles. The number of hydrogen-bond donors (Lipinski definition) is 1. The largest absolute Gasteiger partial charge is 0.342 e. The number of likely N-dealkylation sites (tertiary alicyclic amines) is 1. The summed E-state index contributed by atoms with van der Waals surface area (Å²) < 4.78 is 0. The van der Waals surface area contributed by atoms with Crippen molar-refractivity contribution in [3.63, 3.8) is 0 Å². The number of aromatic amines is 1. The Morgan fingerprint density at radius 3 is 2.76 bits per heavy atom. The Balaban J connectivity index is 1.30. The molecule has 1 aliphatic heterocycles. The number of H-pyrrole nitrogens is 1. The summed E-state index contributed by atoms with van der Waals surface area (Å²) in [6.07, 6.45) is 3.94. The predicted molar refractivity (Wildman–Crippen MR) is 131 cm³/mol. The summed E-state index contributed by atoms with van der Waals surface area (Å²) in [5.74, 6) is 1.05. The molecule has 5 nitrogen and oxygen atoms in total. The van der Waals surface area contributed by atoms with Crippen LogP contribution in [0.2, 0.25) is 0 Å². The number of aryl methyl sites for hydroxylation is 3. The van der Waals surface area contributed by atoms with Crippen LogP contribution in [0, 0.1) is 13.8 Å². The van der Waals surface area contributed by atoms with Crippen LogP contribution in [0.4, 0.5) is 0 Å². The van der Waals surface area contributed by atoms with E-state index < -0.39 is 0 Å². The van der Waals surface area contributed by atoms with Gasteiger partial charge in [-0.2, -0.15) is 0 Å². The second kappa shape index (κ2) is 9.18. The van der Waals surface area contributed by atoms with Crippen LogP contribution < -0.4 is 0 Å². The molecule has 0 aliphatic carbocycles. The van der Waals surface area contributed by atoms with Crippen LogP contribution in [0.25, 0.3) is 11.0 Å². The molecule has 1 saturated heterocycles.